The second-order valence-electron chi connectivity index (χ2n) is 4.72. The molecule has 1 atom stereocenters. The summed E-state index contributed by atoms with van der Waals surface area (Å²) in [6, 6.07) is 10.8. The standard InChI is InChI=1S/C16H15Br2ClFN/c1-2-21-16(10-6-11(17)8-12(18)7-10)9-13-14(19)4-3-5-15(13)20/h3-8,16,21H,2,9H2,1H3. The molecule has 0 radical (unpaired) electrons. The molecule has 21 heavy (non-hydrogen) atoms. The lowest BCUT2D eigenvalue weighted by Gasteiger charge is -2.20. The first-order valence-corrected chi connectivity index (χ1v) is 8.60. The van der Waals surface area contributed by atoms with Gasteiger partial charge in [-0.3, -0.25) is 0 Å². The average Bonchev–Trinajstić information content (AvgIpc) is 2.40. The van der Waals surface area contributed by atoms with Gasteiger partial charge in [0.25, 0.3) is 0 Å². The highest BCUT2D eigenvalue weighted by atomic mass is 79.9. The van der Waals surface area contributed by atoms with Gasteiger partial charge in [-0.05, 0) is 48.9 Å². The molecule has 0 bridgehead atoms. The lowest BCUT2D eigenvalue weighted by atomic mass is 9.98. The number of likely N-dealkylation sites (N-methyl/N-ethyl adjacent to an activating group) is 1. The van der Waals surface area contributed by atoms with E-state index in [0.717, 1.165) is 21.1 Å². The summed E-state index contributed by atoms with van der Waals surface area (Å²) in [5.74, 6) is -0.264. The van der Waals surface area contributed by atoms with Gasteiger partial charge in [0.1, 0.15) is 5.82 Å². The van der Waals surface area contributed by atoms with Gasteiger partial charge in [0, 0.05) is 25.6 Å². The second kappa shape index (κ2) is 7.73. The Morgan fingerprint density at radius 3 is 2.43 bits per heavy atom. The van der Waals surface area contributed by atoms with Crippen molar-refractivity contribution in [3.05, 3.63) is 67.3 Å². The van der Waals surface area contributed by atoms with E-state index in [1.54, 1.807) is 12.1 Å². The Hall–Kier alpha value is -0.420. The van der Waals surface area contributed by atoms with Gasteiger partial charge < -0.3 is 5.32 Å². The summed E-state index contributed by atoms with van der Waals surface area (Å²) in [7, 11) is 0. The van der Waals surface area contributed by atoms with E-state index in [9.17, 15) is 4.39 Å². The third kappa shape index (κ3) is 4.52. The molecular formula is C16H15Br2ClFN. The molecule has 2 rings (SSSR count). The summed E-state index contributed by atoms with van der Waals surface area (Å²) in [6.07, 6.45) is 0.502. The van der Waals surface area contributed by atoms with E-state index in [0.29, 0.717) is 17.0 Å². The first kappa shape index (κ1) is 16.9. The van der Waals surface area contributed by atoms with Crippen LogP contribution in [-0.2, 0) is 6.42 Å². The van der Waals surface area contributed by atoms with Crippen molar-refractivity contribution in [2.45, 2.75) is 19.4 Å². The van der Waals surface area contributed by atoms with Gasteiger partial charge in [0.15, 0.2) is 0 Å². The van der Waals surface area contributed by atoms with Crippen molar-refractivity contribution in [2.75, 3.05) is 6.54 Å². The molecule has 0 spiro atoms. The van der Waals surface area contributed by atoms with E-state index in [2.05, 4.69) is 37.2 Å². The van der Waals surface area contributed by atoms with Gasteiger partial charge in [0.2, 0.25) is 0 Å². The third-order valence-electron chi connectivity index (χ3n) is 3.21. The van der Waals surface area contributed by atoms with Crippen molar-refractivity contribution in [1.82, 2.24) is 5.32 Å². The molecule has 1 N–H and O–H groups in total. The zero-order valence-electron chi connectivity index (χ0n) is 11.5. The SMILES string of the molecule is CCNC(Cc1c(F)cccc1Cl)c1cc(Br)cc(Br)c1. The van der Waals surface area contributed by atoms with Crippen molar-refractivity contribution < 1.29 is 4.39 Å². The number of benzene rings is 2. The van der Waals surface area contributed by atoms with E-state index in [4.69, 9.17) is 11.6 Å². The maximum absolute atomic E-state index is 14.0. The van der Waals surface area contributed by atoms with Crippen LogP contribution in [0, 0.1) is 5.82 Å². The molecule has 0 fully saturated rings. The van der Waals surface area contributed by atoms with Crippen LogP contribution < -0.4 is 5.32 Å². The number of hydrogen-bond donors (Lipinski definition) is 1. The highest BCUT2D eigenvalue weighted by Gasteiger charge is 2.17. The molecule has 0 aromatic heterocycles. The van der Waals surface area contributed by atoms with Crippen LogP contribution in [0.5, 0.6) is 0 Å². The summed E-state index contributed by atoms with van der Waals surface area (Å²) in [4.78, 5) is 0. The van der Waals surface area contributed by atoms with Crippen LogP contribution in [0.1, 0.15) is 24.1 Å². The molecule has 0 aliphatic heterocycles. The van der Waals surface area contributed by atoms with E-state index in [1.165, 1.54) is 6.07 Å². The van der Waals surface area contributed by atoms with Crippen molar-refractivity contribution in [3.63, 3.8) is 0 Å². The summed E-state index contributed by atoms with van der Waals surface area (Å²) in [6.45, 7) is 2.82. The van der Waals surface area contributed by atoms with Crippen LogP contribution in [0.2, 0.25) is 5.02 Å². The molecule has 2 aromatic rings. The first-order valence-electron chi connectivity index (χ1n) is 6.63. The largest absolute Gasteiger partial charge is 0.310 e. The fraction of sp³-hybridized carbons (Fsp3) is 0.250. The molecule has 2 aromatic carbocycles. The smallest absolute Gasteiger partial charge is 0.127 e. The zero-order valence-corrected chi connectivity index (χ0v) is 15.4. The highest BCUT2D eigenvalue weighted by Crippen LogP contribution is 2.29. The summed E-state index contributed by atoms with van der Waals surface area (Å²) in [5.41, 5.74) is 1.62. The van der Waals surface area contributed by atoms with Gasteiger partial charge in [0.05, 0.1) is 0 Å². The zero-order chi connectivity index (χ0) is 15.4. The Morgan fingerprint density at radius 1 is 1.19 bits per heavy atom. The molecule has 0 aliphatic carbocycles. The third-order valence-corrected chi connectivity index (χ3v) is 4.48. The predicted molar refractivity (Wildman–Crippen MR) is 93.4 cm³/mol. The predicted octanol–water partition coefficient (Wildman–Crippen LogP) is 5.90. The van der Waals surface area contributed by atoms with E-state index < -0.39 is 0 Å². The molecular weight excluding hydrogens is 420 g/mol. The number of hydrogen-bond acceptors (Lipinski definition) is 1. The van der Waals surface area contributed by atoms with Crippen LogP contribution >= 0.6 is 43.5 Å². The molecule has 5 heteroatoms. The molecule has 1 nitrogen and oxygen atoms in total. The van der Waals surface area contributed by atoms with Gasteiger partial charge in [-0.25, -0.2) is 4.39 Å². The normalized spacial score (nSPS) is 12.4. The van der Waals surface area contributed by atoms with Gasteiger partial charge >= 0.3 is 0 Å². The van der Waals surface area contributed by atoms with Crippen LogP contribution in [0.25, 0.3) is 0 Å². The van der Waals surface area contributed by atoms with Gasteiger partial charge in [-0.15, -0.1) is 0 Å². The Labute approximate surface area is 146 Å². The van der Waals surface area contributed by atoms with Crippen LogP contribution in [0.3, 0.4) is 0 Å². The van der Waals surface area contributed by atoms with E-state index in [1.807, 2.05) is 25.1 Å². The fourth-order valence-electron chi connectivity index (χ4n) is 2.26. The van der Waals surface area contributed by atoms with Crippen molar-refractivity contribution in [2.24, 2.45) is 0 Å². The summed E-state index contributed by atoms with van der Waals surface area (Å²) in [5, 5.41) is 3.85. The van der Waals surface area contributed by atoms with E-state index in [-0.39, 0.29) is 11.9 Å². The highest BCUT2D eigenvalue weighted by molar-refractivity contribution is 9.11. The number of rotatable bonds is 5. The summed E-state index contributed by atoms with van der Waals surface area (Å²) >= 11 is 13.1. The average molecular weight is 436 g/mol. The molecule has 1 unspecified atom stereocenters. The molecule has 0 amide bonds. The molecule has 112 valence electrons. The minimum absolute atomic E-state index is 0.00167. The van der Waals surface area contributed by atoms with E-state index >= 15 is 0 Å². The summed E-state index contributed by atoms with van der Waals surface area (Å²) < 4.78 is 16.0. The van der Waals surface area contributed by atoms with Crippen LogP contribution in [0.4, 0.5) is 4.39 Å². The van der Waals surface area contributed by atoms with Crippen LogP contribution in [-0.4, -0.2) is 6.54 Å². The van der Waals surface area contributed by atoms with Gasteiger partial charge in [-0.1, -0.05) is 56.5 Å². The lowest BCUT2D eigenvalue weighted by Crippen LogP contribution is -2.23. The Morgan fingerprint density at radius 2 is 1.86 bits per heavy atom. The fourth-order valence-corrected chi connectivity index (χ4v) is 3.83. The minimum atomic E-state index is -0.264. The second-order valence-corrected chi connectivity index (χ2v) is 6.96. The number of nitrogens with one attached hydrogen (secondary N) is 1. The number of halogens is 4. The first-order chi connectivity index (χ1) is 10.0. The molecule has 0 saturated heterocycles. The Bertz CT molecular complexity index is 593. The Kier molecular flexibility index (Phi) is 6.23. The maximum atomic E-state index is 14.0. The van der Waals surface area contributed by atoms with Crippen molar-refractivity contribution >= 4 is 43.5 Å². The van der Waals surface area contributed by atoms with Crippen molar-refractivity contribution in [1.29, 1.82) is 0 Å². The monoisotopic (exact) mass is 433 g/mol. The minimum Gasteiger partial charge on any atom is -0.310 e. The molecule has 0 aliphatic rings. The quantitative estimate of drug-likeness (QED) is 0.617. The van der Waals surface area contributed by atoms with Crippen molar-refractivity contribution in [3.8, 4) is 0 Å². The Balaban J connectivity index is 2.35. The lowest BCUT2D eigenvalue weighted by molar-refractivity contribution is 0.528. The topological polar surface area (TPSA) is 12.0 Å². The molecule has 0 saturated carbocycles. The van der Waals surface area contributed by atoms with Crippen LogP contribution in [0.15, 0.2) is 45.3 Å². The van der Waals surface area contributed by atoms with Gasteiger partial charge in [-0.2, -0.15) is 0 Å². The maximum Gasteiger partial charge on any atom is 0.127 e. The molecule has 0 heterocycles.